The third kappa shape index (κ3) is 5.15. The second-order valence-corrected chi connectivity index (χ2v) is 7.38. The lowest BCUT2D eigenvalue weighted by molar-refractivity contribution is -0.129. The van der Waals surface area contributed by atoms with E-state index in [9.17, 15) is 4.79 Å². The van der Waals surface area contributed by atoms with Gasteiger partial charge in [-0.05, 0) is 31.2 Å². The molecule has 2 rings (SSSR count). The van der Waals surface area contributed by atoms with Gasteiger partial charge in [-0.2, -0.15) is 0 Å². The van der Waals surface area contributed by atoms with Crippen molar-refractivity contribution >= 4 is 40.6 Å². The van der Waals surface area contributed by atoms with E-state index >= 15 is 0 Å². The average Bonchev–Trinajstić information content (AvgIpc) is 3.01. The van der Waals surface area contributed by atoms with Crippen LogP contribution in [0.2, 0.25) is 5.02 Å². The van der Waals surface area contributed by atoms with Crippen LogP contribution in [0.25, 0.3) is 0 Å². The lowest BCUT2D eigenvalue weighted by Crippen LogP contribution is -2.36. The molecule has 1 heterocycles. The number of likely N-dealkylation sites (N-methyl/N-ethyl adjacent to an activating group) is 1. The number of nitrogens with zero attached hydrogens (tertiary/aromatic N) is 3. The molecule has 5 nitrogen and oxygen atoms in total. The van der Waals surface area contributed by atoms with Gasteiger partial charge >= 0.3 is 0 Å². The van der Waals surface area contributed by atoms with Crippen LogP contribution in [0.4, 0.5) is 0 Å². The van der Waals surface area contributed by atoms with Gasteiger partial charge in [0.2, 0.25) is 5.91 Å². The SMILES string of the molecule is CC(Sc1nncs1)C(=O)N(C)CCOc1ccc(Cl)cc1. The monoisotopic (exact) mass is 357 g/mol. The topological polar surface area (TPSA) is 55.3 Å². The first-order chi connectivity index (χ1) is 10.6. The molecule has 0 aliphatic heterocycles. The molecular weight excluding hydrogens is 342 g/mol. The fraction of sp³-hybridized carbons (Fsp3) is 0.357. The number of benzene rings is 1. The van der Waals surface area contributed by atoms with Gasteiger partial charge in [0.1, 0.15) is 17.9 Å². The number of halogens is 1. The molecule has 8 heteroatoms. The maximum absolute atomic E-state index is 12.2. The Labute approximate surface area is 142 Å². The average molecular weight is 358 g/mol. The Morgan fingerprint density at radius 3 is 2.82 bits per heavy atom. The summed E-state index contributed by atoms with van der Waals surface area (Å²) >= 11 is 8.66. The Balaban J connectivity index is 1.75. The maximum Gasteiger partial charge on any atom is 0.235 e. The van der Waals surface area contributed by atoms with Crippen LogP contribution >= 0.6 is 34.7 Å². The first kappa shape index (κ1) is 17.1. The van der Waals surface area contributed by atoms with Crippen LogP contribution in [-0.4, -0.2) is 46.5 Å². The highest BCUT2D eigenvalue weighted by atomic mass is 35.5. The Morgan fingerprint density at radius 2 is 2.18 bits per heavy atom. The van der Waals surface area contributed by atoms with Crippen LogP contribution in [0.5, 0.6) is 5.75 Å². The highest BCUT2D eigenvalue weighted by Gasteiger charge is 2.19. The van der Waals surface area contributed by atoms with Crippen molar-refractivity contribution in [3.63, 3.8) is 0 Å². The molecule has 1 atom stereocenters. The number of ether oxygens (including phenoxy) is 1. The van der Waals surface area contributed by atoms with Gasteiger partial charge in [-0.1, -0.05) is 34.7 Å². The summed E-state index contributed by atoms with van der Waals surface area (Å²) in [6.07, 6.45) is 0. The summed E-state index contributed by atoms with van der Waals surface area (Å²) in [5.41, 5.74) is 1.66. The fourth-order valence-corrected chi connectivity index (χ4v) is 3.53. The molecule has 0 spiro atoms. The molecule has 0 saturated carbocycles. The van der Waals surface area contributed by atoms with Crippen LogP contribution in [0.3, 0.4) is 0 Å². The number of rotatable bonds is 7. The minimum Gasteiger partial charge on any atom is -0.492 e. The van der Waals surface area contributed by atoms with Gasteiger partial charge in [-0.25, -0.2) is 0 Å². The zero-order valence-corrected chi connectivity index (χ0v) is 14.6. The molecule has 0 aliphatic rings. The Kier molecular flexibility index (Phi) is 6.48. The molecule has 0 fully saturated rings. The third-order valence-corrected chi connectivity index (χ3v) is 5.00. The molecule has 1 aromatic carbocycles. The second-order valence-electron chi connectivity index (χ2n) is 4.53. The standard InChI is InChI=1S/C14H16ClN3O2S2/c1-10(22-14-17-16-9-21-14)13(19)18(2)7-8-20-12-5-3-11(15)4-6-12/h3-6,9-10H,7-8H2,1-2H3. The summed E-state index contributed by atoms with van der Waals surface area (Å²) in [7, 11) is 1.77. The van der Waals surface area contributed by atoms with Gasteiger partial charge in [0.05, 0.1) is 11.8 Å². The molecule has 0 N–H and O–H groups in total. The van der Waals surface area contributed by atoms with Crippen molar-refractivity contribution in [3.8, 4) is 5.75 Å². The Bertz CT molecular complexity index is 593. The van der Waals surface area contributed by atoms with Crippen molar-refractivity contribution in [3.05, 3.63) is 34.8 Å². The molecule has 0 bridgehead atoms. The van der Waals surface area contributed by atoms with E-state index in [1.165, 1.54) is 23.1 Å². The van der Waals surface area contributed by atoms with Crippen LogP contribution in [0, 0.1) is 0 Å². The normalized spacial score (nSPS) is 12.0. The summed E-state index contributed by atoms with van der Waals surface area (Å²) in [6.45, 7) is 2.81. The number of aromatic nitrogens is 2. The number of carbonyl (C=O) groups excluding carboxylic acids is 1. The summed E-state index contributed by atoms with van der Waals surface area (Å²) in [5.74, 6) is 0.779. The minimum atomic E-state index is -0.200. The lowest BCUT2D eigenvalue weighted by atomic mass is 10.3. The fourth-order valence-electron chi connectivity index (χ4n) is 1.67. The Hall–Kier alpha value is -1.31. The van der Waals surface area contributed by atoms with Gasteiger partial charge in [0, 0.05) is 12.1 Å². The predicted octanol–water partition coefficient (Wildman–Crippen LogP) is 3.21. The first-order valence-corrected chi connectivity index (χ1v) is 8.76. The van der Waals surface area contributed by atoms with E-state index < -0.39 is 0 Å². The summed E-state index contributed by atoms with van der Waals surface area (Å²) in [4.78, 5) is 13.9. The largest absolute Gasteiger partial charge is 0.492 e. The highest BCUT2D eigenvalue weighted by molar-refractivity contribution is 8.02. The molecule has 2 aromatic rings. The number of carbonyl (C=O) groups is 1. The van der Waals surface area contributed by atoms with E-state index in [-0.39, 0.29) is 11.2 Å². The van der Waals surface area contributed by atoms with Crippen molar-refractivity contribution in [2.75, 3.05) is 20.2 Å². The zero-order chi connectivity index (χ0) is 15.9. The van der Waals surface area contributed by atoms with Crippen molar-refractivity contribution in [1.29, 1.82) is 0 Å². The van der Waals surface area contributed by atoms with Gasteiger partial charge in [0.15, 0.2) is 4.34 Å². The quantitative estimate of drug-likeness (QED) is 0.712. The van der Waals surface area contributed by atoms with Gasteiger partial charge < -0.3 is 9.64 Å². The summed E-state index contributed by atoms with van der Waals surface area (Å²) in [6, 6.07) is 7.15. The predicted molar refractivity (Wildman–Crippen MR) is 89.8 cm³/mol. The first-order valence-electron chi connectivity index (χ1n) is 6.62. The smallest absolute Gasteiger partial charge is 0.235 e. The van der Waals surface area contributed by atoms with Crippen molar-refractivity contribution in [2.45, 2.75) is 16.5 Å². The molecular formula is C14H16ClN3O2S2. The van der Waals surface area contributed by atoms with Crippen LogP contribution < -0.4 is 4.74 Å². The maximum atomic E-state index is 12.2. The zero-order valence-electron chi connectivity index (χ0n) is 12.2. The van der Waals surface area contributed by atoms with E-state index in [1.54, 1.807) is 41.7 Å². The molecule has 0 saturated heterocycles. The van der Waals surface area contributed by atoms with Crippen LogP contribution in [-0.2, 0) is 4.79 Å². The summed E-state index contributed by atoms with van der Waals surface area (Å²) in [5, 5.41) is 8.16. The van der Waals surface area contributed by atoms with Crippen LogP contribution in [0.15, 0.2) is 34.1 Å². The van der Waals surface area contributed by atoms with Crippen molar-refractivity contribution in [2.24, 2.45) is 0 Å². The minimum absolute atomic E-state index is 0.0416. The molecule has 1 aromatic heterocycles. The molecule has 1 unspecified atom stereocenters. The van der Waals surface area contributed by atoms with Gasteiger partial charge in [-0.3, -0.25) is 4.79 Å². The van der Waals surface area contributed by atoms with E-state index in [2.05, 4.69) is 10.2 Å². The van der Waals surface area contributed by atoms with E-state index in [0.29, 0.717) is 18.2 Å². The second kappa shape index (κ2) is 8.36. The molecule has 0 radical (unpaired) electrons. The van der Waals surface area contributed by atoms with E-state index in [0.717, 1.165) is 10.1 Å². The van der Waals surface area contributed by atoms with Gasteiger partial charge in [0.25, 0.3) is 0 Å². The van der Waals surface area contributed by atoms with Crippen molar-refractivity contribution in [1.82, 2.24) is 15.1 Å². The van der Waals surface area contributed by atoms with Crippen LogP contribution in [0.1, 0.15) is 6.92 Å². The van der Waals surface area contributed by atoms with E-state index in [1.807, 2.05) is 6.92 Å². The number of amides is 1. The number of hydrogen-bond acceptors (Lipinski definition) is 6. The lowest BCUT2D eigenvalue weighted by Gasteiger charge is -2.20. The number of hydrogen-bond donors (Lipinski definition) is 0. The summed E-state index contributed by atoms with van der Waals surface area (Å²) < 4.78 is 6.39. The molecule has 1 amide bonds. The molecule has 0 aliphatic carbocycles. The molecule has 118 valence electrons. The van der Waals surface area contributed by atoms with Gasteiger partial charge in [-0.15, -0.1) is 10.2 Å². The number of thioether (sulfide) groups is 1. The Morgan fingerprint density at radius 1 is 1.45 bits per heavy atom. The highest BCUT2D eigenvalue weighted by Crippen LogP contribution is 2.25. The van der Waals surface area contributed by atoms with E-state index in [4.69, 9.17) is 16.3 Å². The third-order valence-electron chi connectivity index (χ3n) is 2.85. The molecule has 22 heavy (non-hydrogen) atoms. The van der Waals surface area contributed by atoms with Crippen molar-refractivity contribution < 1.29 is 9.53 Å².